The average Bonchev–Trinajstić information content (AvgIpc) is 2.95. The van der Waals surface area contributed by atoms with Crippen LogP contribution in [0.1, 0.15) is 16.7 Å². The molecule has 4 rings (SSSR count). The summed E-state index contributed by atoms with van der Waals surface area (Å²) >= 11 is 7.15. The number of halogens is 2. The standard InChI is InChI=1S/C24H17ClFNO2S/c1-14-8-10-18(15(2)12-14)21-22(30-17-6-4-3-5-7-17)24(29)27(23(21)28)16-9-11-20(26)19(25)13-16/h3-13H,1-2H3. The molecule has 1 aliphatic rings. The summed E-state index contributed by atoms with van der Waals surface area (Å²) in [5, 5.41) is -0.148. The van der Waals surface area contributed by atoms with Crippen LogP contribution in [-0.2, 0) is 9.59 Å². The minimum absolute atomic E-state index is 0.148. The lowest BCUT2D eigenvalue weighted by Gasteiger charge is -2.16. The zero-order valence-corrected chi connectivity index (χ0v) is 17.9. The molecular weight excluding hydrogens is 421 g/mol. The van der Waals surface area contributed by atoms with E-state index in [9.17, 15) is 14.0 Å². The third kappa shape index (κ3) is 3.66. The molecule has 0 atom stereocenters. The zero-order chi connectivity index (χ0) is 21.4. The number of amides is 2. The minimum atomic E-state index is -0.610. The second kappa shape index (κ2) is 8.09. The number of benzene rings is 3. The predicted molar refractivity (Wildman–Crippen MR) is 119 cm³/mol. The molecule has 0 radical (unpaired) electrons. The van der Waals surface area contributed by atoms with Gasteiger partial charge < -0.3 is 0 Å². The Labute approximate surface area is 183 Å². The molecule has 0 aliphatic carbocycles. The van der Waals surface area contributed by atoms with E-state index in [4.69, 9.17) is 11.6 Å². The van der Waals surface area contributed by atoms with Crippen molar-refractivity contribution < 1.29 is 14.0 Å². The molecule has 0 aromatic heterocycles. The fourth-order valence-corrected chi connectivity index (χ4v) is 4.58. The summed E-state index contributed by atoms with van der Waals surface area (Å²) in [6, 6.07) is 19.0. The summed E-state index contributed by atoms with van der Waals surface area (Å²) in [6.45, 7) is 3.88. The summed E-state index contributed by atoms with van der Waals surface area (Å²) in [5.41, 5.74) is 3.24. The second-order valence-corrected chi connectivity index (χ2v) is 8.47. The van der Waals surface area contributed by atoms with Gasteiger partial charge in [-0.25, -0.2) is 9.29 Å². The van der Waals surface area contributed by atoms with E-state index in [1.165, 1.54) is 23.9 Å². The lowest BCUT2D eigenvalue weighted by molar-refractivity contribution is -0.119. The molecule has 3 aromatic carbocycles. The van der Waals surface area contributed by atoms with E-state index in [0.29, 0.717) is 16.0 Å². The Kier molecular flexibility index (Phi) is 5.50. The predicted octanol–water partition coefficient (Wildman–Crippen LogP) is 6.17. The van der Waals surface area contributed by atoms with Gasteiger partial charge in [0.25, 0.3) is 11.8 Å². The second-order valence-electron chi connectivity index (χ2n) is 6.98. The van der Waals surface area contributed by atoms with E-state index in [2.05, 4.69) is 0 Å². The Bertz CT molecular complexity index is 1210. The van der Waals surface area contributed by atoms with Crippen molar-refractivity contribution in [1.82, 2.24) is 0 Å². The van der Waals surface area contributed by atoms with E-state index in [1.54, 1.807) is 0 Å². The molecule has 0 unspecified atom stereocenters. The van der Waals surface area contributed by atoms with E-state index < -0.39 is 17.6 Å². The van der Waals surface area contributed by atoms with Crippen LogP contribution in [0.2, 0.25) is 5.02 Å². The van der Waals surface area contributed by atoms with Gasteiger partial charge in [-0.2, -0.15) is 0 Å². The van der Waals surface area contributed by atoms with Crippen molar-refractivity contribution in [1.29, 1.82) is 0 Å². The monoisotopic (exact) mass is 437 g/mol. The Morgan fingerprint density at radius 1 is 0.900 bits per heavy atom. The van der Waals surface area contributed by atoms with E-state index in [-0.39, 0.29) is 10.7 Å². The number of anilines is 1. The maximum Gasteiger partial charge on any atom is 0.272 e. The highest BCUT2D eigenvalue weighted by atomic mass is 35.5. The van der Waals surface area contributed by atoms with E-state index >= 15 is 0 Å². The van der Waals surface area contributed by atoms with Crippen molar-refractivity contribution in [2.45, 2.75) is 18.7 Å². The van der Waals surface area contributed by atoms with Crippen molar-refractivity contribution in [3.8, 4) is 0 Å². The molecule has 2 amide bonds. The van der Waals surface area contributed by atoms with Gasteiger partial charge in [0, 0.05) is 4.90 Å². The van der Waals surface area contributed by atoms with Crippen molar-refractivity contribution in [3.05, 3.63) is 99.2 Å². The molecule has 3 nitrogen and oxygen atoms in total. The Hall–Kier alpha value is -2.89. The molecule has 6 heteroatoms. The number of rotatable bonds is 4. The first-order chi connectivity index (χ1) is 14.4. The summed E-state index contributed by atoms with van der Waals surface area (Å²) in [5.74, 6) is -1.51. The van der Waals surface area contributed by atoms with Crippen LogP contribution < -0.4 is 4.90 Å². The number of carbonyl (C=O) groups is 2. The molecule has 0 N–H and O–H groups in total. The van der Waals surface area contributed by atoms with Crippen LogP contribution in [0.25, 0.3) is 5.57 Å². The summed E-state index contributed by atoms with van der Waals surface area (Å²) in [4.78, 5) is 29.1. The number of imide groups is 1. The smallest absolute Gasteiger partial charge is 0.268 e. The number of thioether (sulfide) groups is 1. The fraction of sp³-hybridized carbons (Fsp3) is 0.0833. The highest BCUT2D eigenvalue weighted by Gasteiger charge is 2.41. The zero-order valence-electron chi connectivity index (χ0n) is 16.3. The minimum Gasteiger partial charge on any atom is -0.268 e. The van der Waals surface area contributed by atoms with Gasteiger partial charge in [0.15, 0.2) is 0 Å². The molecule has 0 saturated carbocycles. The van der Waals surface area contributed by atoms with Crippen LogP contribution in [0.4, 0.5) is 10.1 Å². The number of aryl methyl sites for hydroxylation is 2. The maximum atomic E-state index is 13.6. The van der Waals surface area contributed by atoms with Crippen LogP contribution in [0.15, 0.2) is 76.5 Å². The van der Waals surface area contributed by atoms with Crippen LogP contribution in [0.3, 0.4) is 0 Å². The number of hydrogen-bond acceptors (Lipinski definition) is 3. The molecule has 150 valence electrons. The Morgan fingerprint density at radius 3 is 2.30 bits per heavy atom. The van der Waals surface area contributed by atoms with Gasteiger partial charge in [-0.05, 0) is 55.3 Å². The molecule has 1 aliphatic heterocycles. The number of hydrogen-bond donors (Lipinski definition) is 0. The number of carbonyl (C=O) groups excluding carboxylic acids is 2. The van der Waals surface area contributed by atoms with Crippen LogP contribution in [0.5, 0.6) is 0 Å². The van der Waals surface area contributed by atoms with Gasteiger partial charge in [0.05, 0.1) is 21.2 Å². The van der Waals surface area contributed by atoms with Crippen LogP contribution in [0, 0.1) is 19.7 Å². The lowest BCUT2D eigenvalue weighted by atomic mass is 9.99. The van der Waals surface area contributed by atoms with Gasteiger partial charge in [-0.15, -0.1) is 0 Å². The molecule has 0 spiro atoms. The van der Waals surface area contributed by atoms with Gasteiger partial charge in [0.2, 0.25) is 0 Å². The first kappa shape index (κ1) is 20.4. The Balaban J connectivity index is 1.86. The van der Waals surface area contributed by atoms with E-state index in [1.807, 2.05) is 62.4 Å². The highest BCUT2D eigenvalue weighted by Crippen LogP contribution is 2.42. The van der Waals surface area contributed by atoms with Crippen molar-refractivity contribution in [2.24, 2.45) is 0 Å². The normalized spacial score (nSPS) is 14.1. The molecular formula is C24H17ClFNO2S. The molecule has 0 bridgehead atoms. The van der Waals surface area contributed by atoms with Crippen LogP contribution in [-0.4, -0.2) is 11.8 Å². The third-order valence-electron chi connectivity index (χ3n) is 4.82. The van der Waals surface area contributed by atoms with Crippen LogP contribution >= 0.6 is 23.4 Å². The first-order valence-corrected chi connectivity index (χ1v) is 10.4. The number of nitrogens with zero attached hydrogens (tertiary/aromatic N) is 1. The summed E-state index contributed by atoms with van der Waals surface area (Å²) in [6.07, 6.45) is 0. The lowest BCUT2D eigenvalue weighted by Crippen LogP contribution is -2.31. The van der Waals surface area contributed by atoms with Gasteiger partial charge in [-0.1, -0.05) is 65.3 Å². The first-order valence-electron chi connectivity index (χ1n) is 9.25. The topological polar surface area (TPSA) is 37.4 Å². The van der Waals surface area contributed by atoms with Gasteiger partial charge in [-0.3, -0.25) is 9.59 Å². The average molecular weight is 438 g/mol. The largest absolute Gasteiger partial charge is 0.272 e. The Morgan fingerprint density at radius 2 is 1.63 bits per heavy atom. The maximum absolute atomic E-state index is 13.6. The molecule has 0 fully saturated rings. The molecule has 30 heavy (non-hydrogen) atoms. The molecule has 3 aromatic rings. The van der Waals surface area contributed by atoms with Crippen molar-refractivity contribution in [2.75, 3.05) is 4.90 Å². The molecule has 1 heterocycles. The summed E-state index contributed by atoms with van der Waals surface area (Å²) in [7, 11) is 0. The molecule has 0 saturated heterocycles. The summed E-state index contributed by atoms with van der Waals surface area (Å²) < 4.78 is 13.6. The third-order valence-corrected chi connectivity index (χ3v) is 6.20. The van der Waals surface area contributed by atoms with Crippen molar-refractivity contribution in [3.63, 3.8) is 0 Å². The SMILES string of the molecule is Cc1ccc(C2=C(Sc3ccccc3)C(=O)N(c3ccc(F)c(Cl)c3)C2=O)c(C)c1. The van der Waals surface area contributed by atoms with E-state index in [0.717, 1.165) is 27.0 Å². The fourth-order valence-electron chi connectivity index (χ4n) is 3.40. The quantitative estimate of drug-likeness (QED) is 0.458. The van der Waals surface area contributed by atoms with Crippen molar-refractivity contribution >= 4 is 46.4 Å². The van der Waals surface area contributed by atoms with Gasteiger partial charge in [0.1, 0.15) is 5.82 Å². The van der Waals surface area contributed by atoms with Gasteiger partial charge >= 0.3 is 0 Å². The highest BCUT2D eigenvalue weighted by molar-refractivity contribution is 8.04.